The van der Waals surface area contributed by atoms with Crippen LogP contribution in [0.4, 0.5) is 0 Å². The quantitative estimate of drug-likeness (QED) is 0.909. The van der Waals surface area contributed by atoms with E-state index in [0.717, 1.165) is 5.56 Å². The highest BCUT2D eigenvalue weighted by molar-refractivity contribution is 7.89. The minimum atomic E-state index is -3.52. The Bertz CT molecular complexity index is 591. The molecule has 0 amide bonds. The number of nitrogens with zero attached hydrogens (tertiary/aromatic N) is 1. The first-order valence-electron chi connectivity index (χ1n) is 6.85. The first-order valence-corrected chi connectivity index (χ1v) is 8.67. The highest BCUT2D eigenvalue weighted by Gasteiger charge is 2.30. The van der Waals surface area contributed by atoms with Crippen LogP contribution >= 0.6 is 24.0 Å². The molecule has 120 valence electrons. The van der Waals surface area contributed by atoms with Crippen molar-refractivity contribution in [2.24, 2.45) is 0 Å². The molecule has 1 aliphatic heterocycles. The predicted octanol–water partition coefficient (Wildman–Crippen LogP) is 2.87. The Morgan fingerprint density at radius 2 is 2.05 bits per heavy atom. The number of hydrogen-bond donors (Lipinski definition) is 1. The molecule has 4 nitrogen and oxygen atoms in total. The molecule has 1 aromatic carbocycles. The Hall–Kier alpha value is -0.330. The Morgan fingerprint density at radius 3 is 2.62 bits per heavy atom. The molecule has 0 aliphatic carbocycles. The molecule has 1 aliphatic rings. The fraction of sp³-hybridized carbons (Fsp3) is 0.571. The molecule has 0 bridgehead atoms. The molecule has 1 saturated heterocycles. The second-order valence-corrected chi connectivity index (χ2v) is 7.88. The first-order chi connectivity index (χ1) is 9.32. The maximum atomic E-state index is 12.7. The Balaban J connectivity index is 0.00000220. The molecule has 1 heterocycles. The van der Waals surface area contributed by atoms with Crippen LogP contribution in [0, 0.1) is 0 Å². The molecule has 21 heavy (non-hydrogen) atoms. The summed E-state index contributed by atoms with van der Waals surface area (Å²) in [5, 5.41) is 3.53. The van der Waals surface area contributed by atoms with Crippen LogP contribution in [0.3, 0.4) is 0 Å². The van der Waals surface area contributed by atoms with Crippen molar-refractivity contribution in [1.29, 1.82) is 0 Å². The molecule has 0 unspecified atom stereocenters. The van der Waals surface area contributed by atoms with Crippen LogP contribution in [0.1, 0.15) is 32.3 Å². The molecule has 0 radical (unpaired) electrons. The lowest BCUT2D eigenvalue weighted by Crippen LogP contribution is -2.51. The smallest absolute Gasteiger partial charge is 0.244 e. The summed E-state index contributed by atoms with van der Waals surface area (Å²) in [6.07, 6.45) is 0. The van der Waals surface area contributed by atoms with Gasteiger partial charge in [0.05, 0.1) is 5.02 Å². The van der Waals surface area contributed by atoms with Crippen molar-refractivity contribution in [3.8, 4) is 0 Å². The highest BCUT2D eigenvalue weighted by atomic mass is 35.5. The fourth-order valence-corrected chi connectivity index (χ4v) is 4.37. The van der Waals surface area contributed by atoms with Crippen LogP contribution in [-0.2, 0) is 10.0 Å². The largest absolute Gasteiger partial charge is 0.312 e. The van der Waals surface area contributed by atoms with E-state index in [-0.39, 0.29) is 29.3 Å². The summed E-state index contributed by atoms with van der Waals surface area (Å²) in [4.78, 5) is 0.222. The molecule has 1 aromatic rings. The number of benzene rings is 1. The second kappa shape index (κ2) is 7.29. The van der Waals surface area contributed by atoms with E-state index in [1.807, 2.05) is 26.8 Å². The lowest BCUT2D eigenvalue weighted by Gasteiger charge is -2.31. The van der Waals surface area contributed by atoms with Gasteiger partial charge in [-0.1, -0.05) is 31.5 Å². The van der Waals surface area contributed by atoms with Crippen LogP contribution in [0.15, 0.2) is 23.1 Å². The molecule has 1 N–H and O–H groups in total. The summed E-state index contributed by atoms with van der Waals surface area (Å²) in [7, 11) is -3.52. The van der Waals surface area contributed by atoms with E-state index in [4.69, 9.17) is 11.6 Å². The van der Waals surface area contributed by atoms with Crippen LogP contribution in [0.2, 0.25) is 5.02 Å². The number of sulfonamides is 1. The average Bonchev–Trinajstić information content (AvgIpc) is 2.38. The first kappa shape index (κ1) is 18.7. The molecular weight excluding hydrogens is 331 g/mol. The maximum absolute atomic E-state index is 12.7. The molecule has 0 aromatic heterocycles. The maximum Gasteiger partial charge on any atom is 0.244 e. The summed E-state index contributed by atoms with van der Waals surface area (Å²) in [6, 6.07) is 5.42. The zero-order valence-corrected chi connectivity index (χ0v) is 14.9. The Labute approximate surface area is 138 Å². The van der Waals surface area contributed by atoms with Crippen molar-refractivity contribution in [3.63, 3.8) is 0 Å². The third-order valence-corrected chi connectivity index (χ3v) is 5.92. The Morgan fingerprint density at radius 1 is 1.38 bits per heavy atom. The lowest BCUT2D eigenvalue weighted by atomic mass is 10.0. The van der Waals surface area contributed by atoms with E-state index < -0.39 is 10.0 Å². The zero-order chi connectivity index (χ0) is 14.9. The van der Waals surface area contributed by atoms with Gasteiger partial charge in [-0.25, -0.2) is 8.42 Å². The lowest BCUT2D eigenvalue weighted by molar-refractivity contribution is 0.310. The van der Waals surface area contributed by atoms with E-state index >= 15 is 0 Å². The second-order valence-electron chi connectivity index (χ2n) is 5.56. The summed E-state index contributed by atoms with van der Waals surface area (Å²) >= 11 is 6.12. The van der Waals surface area contributed by atoms with Crippen LogP contribution in [-0.4, -0.2) is 38.4 Å². The van der Waals surface area contributed by atoms with E-state index in [1.165, 1.54) is 4.31 Å². The van der Waals surface area contributed by atoms with Gasteiger partial charge in [0.2, 0.25) is 10.0 Å². The predicted molar refractivity (Wildman–Crippen MR) is 89.0 cm³/mol. The third-order valence-electron chi connectivity index (χ3n) is 3.57. The minimum Gasteiger partial charge on any atom is -0.312 e. The number of nitrogens with one attached hydrogen (secondary N) is 1. The van der Waals surface area contributed by atoms with Crippen molar-refractivity contribution in [2.45, 2.75) is 37.6 Å². The monoisotopic (exact) mass is 352 g/mol. The van der Waals surface area contributed by atoms with E-state index in [2.05, 4.69) is 5.32 Å². The molecule has 2 rings (SSSR count). The van der Waals surface area contributed by atoms with Crippen molar-refractivity contribution in [1.82, 2.24) is 9.62 Å². The molecule has 1 atom stereocenters. The molecule has 7 heteroatoms. The summed E-state index contributed by atoms with van der Waals surface area (Å²) in [6.45, 7) is 7.67. The van der Waals surface area contributed by atoms with Crippen molar-refractivity contribution >= 4 is 34.0 Å². The normalized spacial score (nSPS) is 20.3. The standard InChI is InChI=1S/C14H21ClN2O2S.ClH/c1-10(2)12-4-5-13(15)14(8-12)20(18,19)17-7-6-16-11(3)9-17;/h4-5,8,10-11,16H,6-7,9H2,1-3H3;1H/t11-;/m0./s1. The summed E-state index contributed by atoms with van der Waals surface area (Å²) in [5.74, 6) is 0.267. The number of piperazine rings is 1. The SMILES string of the molecule is CC(C)c1ccc(Cl)c(S(=O)(=O)N2CCN[C@@H](C)C2)c1.Cl. The third kappa shape index (κ3) is 4.11. The molecule has 0 saturated carbocycles. The van der Waals surface area contributed by atoms with Gasteiger partial charge < -0.3 is 5.32 Å². The zero-order valence-electron chi connectivity index (χ0n) is 12.5. The average molecular weight is 353 g/mol. The van der Waals surface area contributed by atoms with Gasteiger partial charge in [0.1, 0.15) is 4.90 Å². The van der Waals surface area contributed by atoms with Gasteiger partial charge in [0.15, 0.2) is 0 Å². The topological polar surface area (TPSA) is 49.4 Å². The van der Waals surface area contributed by atoms with Gasteiger partial charge in [-0.3, -0.25) is 0 Å². The van der Waals surface area contributed by atoms with Crippen molar-refractivity contribution in [2.75, 3.05) is 19.6 Å². The highest BCUT2D eigenvalue weighted by Crippen LogP contribution is 2.28. The number of hydrogen-bond acceptors (Lipinski definition) is 3. The molecular formula is C14H22Cl2N2O2S. The van der Waals surface area contributed by atoms with Gasteiger partial charge in [-0.05, 0) is 30.5 Å². The Kier molecular flexibility index (Phi) is 6.50. The van der Waals surface area contributed by atoms with Crippen LogP contribution < -0.4 is 5.32 Å². The van der Waals surface area contributed by atoms with E-state index in [0.29, 0.717) is 24.7 Å². The van der Waals surface area contributed by atoms with Gasteiger partial charge in [0, 0.05) is 25.7 Å². The van der Waals surface area contributed by atoms with Crippen molar-refractivity contribution < 1.29 is 8.42 Å². The van der Waals surface area contributed by atoms with Crippen LogP contribution in [0.25, 0.3) is 0 Å². The summed E-state index contributed by atoms with van der Waals surface area (Å²) in [5.41, 5.74) is 0.983. The fourth-order valence-electron chi connectivity index (χ4n) is 2.33. The van der Waals surface area contributed by atoms with Crippen LogP contribution in [0.5, 0.6) is 0 Å². The number of rotatable bonds is 3. The van der Waals surface area contributed by atoms with Crippen molar-refractivity contribution in [3.05, 3.63) is 28.8 Å². The van der Waals surface area contributed by atoms with Gasteiger partial charge >= 0.3 is 0 Å². The van der Waals surface area contributed by atoms with Gasteiger partial charge in [-0.15, -0.1) is 12.4 Å². The molecule has 0 spiro atoms. The van der Waals surface area contributed by atoms with E-state index in [1.54, 1.807) is 12.1 Å². The number of halogens is 2. The van der Waals surface area contributed by atoms with Gasteiger partial charge in [0.25, 0.3) is 0 Å². The summed E-state index contributed by atoms with van der Waals surface area (Å²) < 4.78 is 27.0. The van der Waals surface area contributed by atoms with E-state index in [9.17, 15) is 8.42 Å². The van der Waals surface area contributed by atoms with Gasteiger partial charge in [-0.2, -0.15) is 4.31 Å². The minimum absolute atomic E-state index is 0. The molecule has 1 fully saturated rings.